The van der Waals surface area contributed by atoms with Crippen LogP contribution < -0.4 is 10.9 Å². The van der Waals surface area contributed by atoms with Gasteiger partial charge in [0, 0.05) is 19.7 Å². The molecule has 0 heterocycles. The highest BCUT2D eigenvalue weighted by molar-refractivity contribution is 7.89. The van der Waals surface area contributed by atoms with Gasteiger partial charge < -0.3 is 0 Å². The third-order valence-corrected chi connectivity index (χ3v) is 6.67. The van der Waals surface area contributed by atoms with E-state index in [1.165, 1.54) is 38.4 Å². The zero-order valence-electron chi connectivity index (χ0n) is 15.8. The largest absolute Gasteiger partial charge is 0.273 e. The van der Waals surface area contributed by atoms with Crippen molar-refractivity contribution in [1.82, 2.24) is 15.2 Å². The second-order valence-electron chi connectivity index (χ2n) is 6.90. The molecule has 2 amide bonds. The average molecular weight is 401 g/mol. The number of rotatable bonds is 4. The van der Waals surface area contributed by atoms with Gasteiger partial charge >= 0.3 is 0 Å². The van der Waals surface area contributed by atoms with Crippen molar-refractivity contribution in [3.05, 3.63) is 65.2 Å². The summed E-state index contributed by atoms with van der Waals surface area (Å²) < 4.78 is 25.5. The molecule has 2 aromatic carbocycles. The number of benzene rings is 2. The standard InChI is InChI=1S/C20H23N3O4S/c1-23(2)28(26,27)16-10-5-9-15(13-16)19(24)21-22-20(25)18-12-6-8-14-7-3-4-11-17(14)18/h3-5,7,9-11,13,18H,6,8,12H2,1-2H3,(H,21,24)(H,22,25). The van der Waals surface area contributed by atoms with Gasteiger partial charge in [0.15, 0.2) is 0 Å². The first-order valence-corrected chi connectivity index (χ1v) is 10.5. The molecule has 0 aromatic heterocycles. The van der Waals surface area contributed by atoms with Crippen molar-refractivity contribution in [1.29, 1.82) is 0 Å². The van der Waals surface area contributed by atoms with Crippen molar-refractivity contribution in [2.75, 3.05) is 14.1 Å². The summed E-state index contributed by atoms with van der Waals surface area (Å²) in [7, 11) is -0.807. The van der Waals surface area contributed by atoms with Crippen LogP contribution in [0.2, 0.25) is 0 Å². The highest BCUT2D eigenvalue weighted by Gasteiger charge is 2.26. The first-order chi connectivity index (χ1) is 13.3. The molecule has 8 heteroatoms. The maximum atomic E-state index is 12.6. The molecule has 1 aliphatic rings. The van der Waals surface area contributed by atoms with Gasteiger partial charge in [-0.25, -0.2) is 12.7 Å². The van der Waals surface area contributed by atoms with Gasteiger partial charge in [-0.3, -0.25) is 20.4 Å². The monoisotopic (exact) mass is 401 g/mol. The van der Waals surface area contributed by atoms with Gasteiger partial charge in [-0.15, -0.1) is 0 Å². The predicted molar refractivity (Wildman–Crippen MR) is 105 cm³/mol. The predicted octanol–water partition coefficient (Wildman–Crippen LogP) is 1.82. The first-order valence-electron chi connectivity index (χ1n) is 9.01. The Kier molecular flexibility index (Phi) is 5.81. The number of hydrogen-bond acceptors (Lipinski definition) is 4. The van der Waals surface area contributed by atoms with Crippen LogP contribution >= 0.6 is 0 Å². The topological polar surface area (TPSA) is 95.6 Å². The van der Waals surface area contributed by atoms with Crippen molar-refractivity contribution in [2.45, 2.75) is 30.1 Å². The summed E-state index contributed by atoms with van der Waals surface area (Å²) in [5, 5.41) is 0. The second kappa shape index (κ2) is 8.12. The van der Waals surface area contributed by atoms with E-state index in [-0.39, 0.29) is 22.3 Å². The number of hydrogen-bond donors (Lipinski definition) is 2. The van der Waals surface area contributed by atoms with Crippen molar-refractivity contribution in [2.24, 2.45) is 0 Å². The molecule has 7 nitrogen and oxygen atoms in total. The van der Waals surface area contributed by atoms with Gasteiger partial charge in [0.2, 0.25) is 15.9 Å². The lowest BCUT2D eigenvalue weighted by Crippen LogP contribution is -2.44. The molecule has 0 saturated carbocycles. The van der Waals surface area contributed by atoms with Crippen molar-refractivity contribution in [3.63, 3.8) is 0 Å². The molecular formula is C20H23N3O4S. The number of nitrogens with zero attached hydrogens (tertiary/aromatic N) is 1. The minimum atomic E-state index is -3.65. The molecule has 0 bridgehead atoms. The smallest absolute Gasteiger partial charge is 0.269 e. The molecule has 0 fully saturated rings. The summed E-state index contributed by atoms with van der Waals surface area (Å²) in [4.78, 5) is 25.0. The van der Waals surface area contributed by atoms with Crippen LogP contribution in [-0.2, 0) is 21.2 Å². The Morgan fingerprint density at radius 3 is 2.54 bits per heavy atom. The zero-order valence-corrected chi connectivity index (χ0v) is 16.6. The van der Waals surface area contributed by atoms with Gasteiger partial charge in [0.1, 0.15) is 0 Å². The SMILES string of the molecule is CN(C)S(=O)(=O)c1cccc(C(=O)NNC(=O)C2CCCc3ccccc32)c1. The molecule has 3 rings (SSSR count). The van der Waals surface area contributed by atoms with Crippen LogP contribution in [0.15, 0.2) is 53.4 Å². The minimum Gasteiger partial charge on any atom is -0.273 e. The fourth-order valence-electron chi connectivity index (χ4n) is 3.31. The molecule has 0 spiro atoms. The molecular weight excluding hydrogens is 378 g/mol. The molecule has 0 radical (unpaired) electrons. The number of nitrogens with one attached hydrogen (secondary N) is 2. The number of hydrazine groups is 1. The number of carbonyl (C=O) groups excluding carboxylic acids is 2. The van der Waals surface area contributed by atoms with E-state index in [1.807, 2.05) is 24.3 Å². The van der Waals surface area contributed by atoms with E-state index in [4.69, 9.17) is 0 Å². The van der Waals surface area contributed by atoms with E-state index in [2.05, 4.69) is 10.9 Å². The Morgan fingerprint density at radius 2 is 1.79 bits per heavy atom. The zero-order chi connectivity index (χ0) is 20.3. The van der Waals surface area contributed by atoms with Crippen molar-refractivity contribution in [3.8, 4) is 0 Å². The van der Waals surface area contributed by atoms with E-state index >= 15 is 0 Å². The normalized spacial score (nSPS) is 16.3. The Labute approximate surface area is 164 Å². The van der Waals surface area contributed by atoms with Crippen molar-refractivity contribution >= 4 is 21.8 Å². The van der Waals surface area contributed by atoms with Gasteiger partial charge in [0.25, 0.3) is 5.91 Å². The summed E-state index contributed by atoms with van der Waals surface area (Å²) in [6.45, 7) is 0. The average Bonchev–Trinajstić information content (AvgIpc) is 2.71. The molecule has 148 valence electrons. The minimum absolute atomic E-state index is 0.0117. The lowest BCUT2D eigenvalue weighted by molar-refractivity contribution is -0.123. The molecule has 1 atom stereocenters. The third kappa shape index (κ3) is 4.07. The van der Waals surface area contributed by atoms with Crippen LogP contribution in [-0.4, -0.2) is 38.6 Å². The van der Waals surface area contributed by atoms with Gasteiger partial charge in [-0.05, 0) is 48.6 Å². The Bertz CT molecular complexity index is 1000. The van der Waals surface area contributed by atoms with E-state index in [0.717, 1.165) is 34.7 Å². The molecule has 1 aliphatic carbocycles. The lowest BCUT2D eigenvalue weighted by atomic mass is 9.82. The van der Waals surface area contributed by atoms with E-state index in [1.54, 1.807) is 0 Å². The van der Waals surface area contributed by atoms with Gasteiger partial charge in [-0.2, -0.15) is 0 Å². The highest BCUT2D eigenvalue weighted by Crippen LogP contribution is 2.31. The third-order valence-electron chi connectivity index (χ3n) is 4.86. The summed E-state index contributed by atoms with van der Waals surface area (Å²) in [6.07, 6.45) is 2.57. The molecule has 0 saturated heterocycles. The summed E-state index contributed by atoms with van der Waals surface area (Å²) in [5.74, 6) is -1.17. The van der Waals surface area contributed by atoms with Crippen molar-refractivity contribution < 1.29 is 18.0 Å². The van der Waals surface area contributed by atoms with Crippen LogP contribution in [0.5, 0.6) is 0 Å². The van der Waals surface area contributed by atoms with Crippen LogP contribution in [0.25, 0.3) is 0 Å². The molecule has 2 aromatic rings. The number of aryl methyl sites for hydroxylation is 1. The van der Waals surface area contributed by atoms with E-state index in [9.17, 15) is 18.0 Å². The summed E-state index contributed by atoms with van der Waals surface area (Å²) >= 11 is 0. The molecule has 2 N–H and O–H groups in total. The maximum absolute atomic E-state index is 12.6. The molecule has 28 heavy (non-hydrogen) atoms. The lowest BCUT2D eigenvalue weighted by Gasteiger charge is -2.24. The van der Waals surface area contributed by atoms with Crippen LogP contribution in [0, 0.1) is 0 Å². The Hall–Kier alpha value is -2.71. The van der Waals surface area contributed by atoms with Gasteiger partial charge in [-0.1, -0.05) is 30.3 Å². The number of carbonyl (C=O) groups is 2. The van der Waals surface area contributed by atoms with E-state index < -0.39 is 15.9 Å². The number of fused-ring (bicyclic) bond motifs is 1. The number of sulfonamides is 1. The highest BCUT2D eigenvalue weighted by atomic mass is 32.2. The molecule has 1 unspecified atom stereocenters. The van der Waals surface area contributed by atoms with Gasteiger partial charge in [0.05, 0.1) is 10.8 Å². The summed E-state index contributed by atoms with van der Waals surface area (Å²) in [6, 6.07) is 13.5. The van der Waals surface area contributed by atoms with E-state index in [0.29, 0.717) is 0 Å². The second-order valence-corrected chi connectivity index (χ2v) is 9.05. The summed E-state index contributed by atoms with van der Waals surface area (Å²) in [5.41, 5.74) is 7.15. The maximum Gasteiger partial charge on any atom is 0.269 e. The fourth-order valence-corrected chi connectivity index (χ4v) is 4.26. The molecule has 0 aliphatic heterocycles. The fraction of sp³-hybridized carbons (Fsp3) is 0.300. The Balaban J connectivity index is 1.69. The van der Waals surface area contributed by atoms with Crippen LogP contribution in [0.3, 0.4) is 0 Å². The number of amides is 2. The van der Waals surface area contributed by atoms with Crippen LogP contribution in [0.1, 0.15) is 40.2 Å². The Morgan fingerprint density at radius 1 is 1.04 bits per heavy atom. The van der Waals surface area contributed by atoms with Crippen LogP contribution in [0.4, 0.5) is 0 Å². The quantitative estimate of drug-likeness (QED) is 0.764. The first kappa shape index (κ1) is 20.0.